The zero-order valence-electron chi connectivity index (χ0n) is 24.0. The largest absolute Gasteiger partial charge is 0.497 e. The number of carbonyl (C=O) groups excluding carboxylic acids is 1. The summed E-state index contributed by atoms with van der Waals surface area (Å²) in [7, 11) is 1.33. The lowest BCUT2D eigenvalue weighted by atomic mass is 9.77. The molecule has 5 aromatic carbocycles. The van der Waals surface area contributed by atoms with Crippen LogP contribution >= 0.6 is 0 Å². The molecule has 6 rings (SSSR count). The Morgan fingerprint density at radius 2 is 1.30 bits per heavy atom. The lowest BCUT2D eigenvalue weighted by Crippen LogP contribution is -2.38. The number of nitrogens with zero attached hydrogens (tertiary/aromatic N) is 2. The molecule has 0 radical (unpaired) electrons. The topological polar surface area (TPSA) is 56.1 Å². The van der Waals surface area contributed by atoms with Crippen LogP contribution in [0.15, 0.2) is 127 Å². The maximum atomic E-state index is 14.2. The van der Waals surface area contributed by atoms with E-state index in [0.29, 0.717) is 16.5 Å². The van der Waals surface area contributed by atoms with Crippen LogP contribution < -0.4 is 10.1 Å². The SMILES string of the molecule is COc1ccc(-c2ccc3c(c2)c(NC(C)=O)nn3C(c2ccccc2)(c2ccccc2)c2ccccc2)c(C(F)(F)F)c1. The number of anilines is 1. The highest BCUT2D eigenvalue weighted by atomic mass is 19.4. The van der Waals surface area contributed by atoms with E-state index in [1.165, 1.54) is 26.2 Å². The van der Waals surface area contributed by atoms with Crippen molar-refractivity contribution in [1.29, 1.82) is 0 Å². The van der Waals surface area contributed by atoms with E-state index in [1.807, 2.05) is 95.7 Å². The van der Waals surface area contributed by atoms with Gasteiger partial charge in [-0.15, -0.1) is 0 Å². The van der Waals surface area contributed by atoms with Crippen LogP contribution in [0.1, 0.15) is 29.2 Å². The molecule has 0 fully saturated rings. The third-order valence-corrected chi connectivity index (χ3v) is 7.71. The summed E-state index contributed by atoms with van der Waals surface area (Å²) in [6.45, 7) is 1.37. The first-order valence-corrected chi connectivity index (χ1v) is 14.0. The molecule has 8 heteroatoms. The molecule has 1 heterocycles. The first kappa shape index (κ1) is 28.7. The molecule has 0 saturated carbocycles. The van der Waals surface area contributed by atoms with Crippen molar-refractivity contribution in [2.24, 2.45) is 0 Å². The van der Waals surface area contributed by atoms with E-state index in [-0.39, 0.29) is 23.0 Å². The van der Waals surface area contributed by atoms with Crippen molar-refractivity contribution >= 4 is 22.6 Å². The number of hydrogen-bond donors (Lipinski definition) is 1. The molecule has 0 unspecified atom stereocenters. The molecule has 0 aliphatic heterocycles. The fourth-order valence-electron chi connectivity index (χ4n) is 5.84. The fourth-order valence-corrected chi connectivity index (χ4v) is 5.84. The predicted octanol–water partition coefficient (Wildman–Crippen LogP) is 8.53. The molecule has 0 spiro atoms. The Bertz CT molecular complexity index is 1840. The number of methoxy groups -OCH3 is 1. The smallest absolute Gasteiger partial charge is 0.417 e. The fraction of sp³-hybridized carbons (Fsp3) is 0.111. The molecule has 0 aliphatic rings. The summed E-state index contributed by atoms with van der Waals surface area (Å²) in [6, 6.07) is 38.6. The minimum absolute atomic E-state index is 0.0119. The highest BCUT2D eigenvalue weighted by molar-refractivity contribution is 6.01. The van der Waals surface area contributed by atoms with Gasteiger partial charge in [-0.3, -0.25) is 4.79 Å². The van der Waals surface area contributed by atoms with Crippen LogP contribution in [0, 0.1) is 0 Å². The van der Waals surface area contributed by atoms with E-state index in [1.54, 1.807) is 18.2 Å². The summed E-state index contributed by atoms with van der Waals surface area (Å²) < 4.78 is 49.6. The minimum atomic E-state index is -4.62. The molecular formula is C36H28F3N3O2. The number of aromatic nitrogens is 2. The second-order valence-electron chi connectivity index (χ2n) is 10.4. The molecular weight excluding hydrogens is 563 g/mol. The Labute approximate surface area is 252 Å². The second kappa shape index (κ2) is 11.4. The number of rotatable bonds is 7. The number of ether oxygens (including phenoxy) is 1. The van der Waals surface area contributed by atoms with Gasteiger partial charge in [-0.25, -0.2) is 4.68 Å². The zero-order chi connectivity index (χ0) is 30.9. The summed E-state index contributed by atoms with van der Waals surface area (Å²) in [4.78, 5) is 12.4. The van der Waals surface area contributed by atoms with Gasteiger partial charge in [0, 0.05) is 12.3 Å². The minimum Gasteiger partial charge on any atom is -0.497 e. The van der Waals surface area contributed by atoms with E-state index in [2.05, 4.69) is 5.32 Å². The second-order valence-corrected chi connectivity index (χ2v) is 10.4. The molecule has 44 heavy (non-hydrogen) atoms. The summed E-state index contributed by atoms with van der Waals surface area (Å²) in [5.74, 6) is -0.0111. The van der Waals surface area contributed by atoms with Gasteiger partial charge in [0.05, 0.1) is 18.2 Å². The average molecular weight is 592 g/mol. The highest BCUT2D eigenvalue weighted by Gasteiger charge is 2.41. The van der Waals surface area contributed by atoms with E-state index in [9.17, 15) is 18.0 Å². The number of benzene rings is 5. The molecule has 5 nitrogen and oxygen atoms in total. The van der Waals surface area contributed by atoms with Gasteiger partial charge in [-0.05, 0) is 52.1 Å². The van der Waals surface area contributed by atoms with Crippen LogP contribution in [-0.4, -0.2) is 22.8 Å². The number of amides is 1. The monoisotopic (exact) mass is 591 g/mol. The van der Waals surface area contributed by atoms with Crippen LogP contribution in [0.2, 0.25) is 0 Å². The number of carbonyl (C=O) groups is 1. The van der Waals surface area contributed by atoms with Crippen molar-refractivity contribution in [2.45, 2.75) is 18.6 Å². The Kier molecular flexibility index (Phi) is 7.43. The van der Waals surface area contributed by atoms with Crippen LogP contribution in [0.3, 0.4) is 0 Å². The third-order valence-electron chi connectivity index (χ3n) is 7.71. The van der Waals surface area contributed by atoms with E-state index in [4.69, 9.17) is 9.84 Å². The number of alkyl halides is 3. The number of halogens is 3. The Morgan fingerprint density at radius 3 is 1.77 bits per heavy atom. The molecule has 1 amide bonds. The summed E-state index contributed by atoms with van der Waals surface area (Å²) >= 11 is 0. The number of fused-ring (bicyclic) bond motifs is 1. The van der Waals surface area contributed by atoms with Crippen molar-refractivity contribution in [2.75, 3.05) is 12.4 Å². The summed E-state index contributed by atoms with van der Waals surface area (Å²) in [5, 5.41) is 8.32. The molecule has 0 bridgehead atoms. The number of hydrogen-bond acceptors (Lipinski definition) is 3. The van der Waals surface area contributed by atoms with Crippen molar-refractivity contribution in [1.82, 2.24) is 9.78 Å². The molecule has 0 atom stereocenters. The van der Waals surface area contributed by atoms with Crippen LogP contribution in [0.4, 0.5) is 19.0 Å². The quantitative estimate of drug-likeness (QED) is 0.189. The first-order chi connectivity index (χ1) is 21.2. The van der Waals surface area contributed by atoms with Gasteiger partial charge < -0.3 is 10.1 Å². The van der Waals surface area contributed by atoms with Gasteiger partial charge in [-0.1, -0.05) is 103 Å². The lowest BCUT2D eigenvalue weighted by molar-refractivity contribution is -0.137. The molecule has 0 saturated heterocycles. The van der Waals surface area contributed by atoms with E-state index in [0.717, 1.165) is 22.8 Å². The molecule has 1 aromatic heterocycles. The highest BCUT2D eigenvalue weighted by Crippen LogP contribution is 2.45. The van der Waals surface area contributed by atoms with Crippen LogP contribution in [0.25, 0.3) is 22.0 Å². The normalized spacial score (nSPS) is 11.8. The lowest BCUT2D eigenvalue weighted by Gasteiger charge is -2.37. The summed E-state index contributed by atoms with van der Waals surface area (Å²) in [6.07, 6.45) is -4.62. The Balaban J connectivity index is 1.70. The van der Waals surface area contributed by atoms with Gasteiger partial charge >= 0.3 is 6.18 Å². The zero-order valence-corrected chi connectivity index (χ0v) is 24.0. The standard InChI is InChI=1S/C36H28F3N3O2/c1-24(43)40-34-31-22-25(30-20-19-29(44-2)23-32(30)36(37,38)39)18-21-33(31)42(41-34)35(26-12-6-3-7-13-26,27-14-8-4-9-15-27)28-16-10-5-11-17-28/h3-23H,1-2H3,(H,40,41,43). The predicted molar refractivity (Wildman–Crippen MR) is 166 cm³/mol. The van der Waals surface area contributed by atoms with Crippen molar-refractivity contribution in [3.8, 4) is 16.9 Å². The van der Waals surface area contributed by atoms with E-state index >= 15 is 0 Å². The first-order valence-electron chi connectivity index (χ1n) is 14.0. The molecule has 6 aromatic rings. The van der Waals surface area contributed by atoms with Crippen molar-refractivity contribution in [3.05, 3.63) is 150 Å². The number of nitrogens with one attached hydrogen (secondary N) is 1. The van der Waals surface area contributed by atoms with Gasteiger partial charge in [0.25, 0.3) is 0 Å². The van der Waals surface area contributed by atoms with Crippen LogP contribution in [-0.2, 0) is 16.5 Å². The third kappa shape index (κ3) is 4.98. The van der Waals surface area contributed by atoms with Crippen molar-refractivity contribution < 1.29 is 22.7 Å². The Morgan fingerprint density at radius 1 is 0.750 bits per heavy atom. The maximum absolute atomic E-state index is 14.2. The van der Waals surface area contributed by atoms with Gasteiger partial charge in [-0.2, -0.15) is 18.3 Å². The Hall–Kier alpha value is -5.37. The summed E-state index contributed by atoms with van der Waals surface area (Å²) in [5.41, 5.74) is 1.84. The van der Waals surface area contributed by atoms with Gasteiger partial charge in [0.2, 0.25) is 5.91 Å². The average Bonchev–Trinajstić information content (AvgIpc) is 3.39. The van der Waals surface area contributed by atoms with Crippen molar-refractivity contribution in [3.63, 3.8) is 0 Å². The van der Waals surface area contributed by atoms with Crippen LogP contribution in [0.5, 0.6) is 5.75 Å². The molecule has 1 N–H and O–H groups in total. The maximum Gasteiger partial charge on any atom is 0.417 e. The van der Waals surface area contributed by atoms with Gasteiger partial charge in [0.15, 0.2) is 5.82 Å². The molecule has 220 valence electrons. The molecule has 0 aliphatic carbocycles. The van der Waals surface area contributed by atoms with E-state index < -0.39 is 17.3 Å². The van der Waals surface area contributed by atoms with Gasteiger partial charge in [0.1, 0.15) is 11.3 Å².